The van der Waals surface area contributed by atoms with Crippen LogP contribution >= 0.6 is 11.3 Å². The number of halogens is 1. The topological polar surface area (TPSA) is 86.4 Å². The maximum Gasteiger partial charge on any atom is 0.321 e. The van der Waals surface area contributed by atoms with Crippen molar-refractivity contribution in [2.24, 2.45) is 0 Å². The van der Waals surface area contributed by atoms with Gasteiger partial charge < -0.3 is 15.5 Å². The second-order valence-electron chi connectivity index (χ2n) is 7.43. The average Bonchev–Trinajstić information content (AvgIpc) is 3.35. The lowest BCUT2D eigenvalue weighted by atomic mass is 10.2. The van der Waals surface area contributed by atoms with E-state index in [0.717, 1.165) is 41.8 Å². The van der Waals surface area contributed by atoms with Crippen LogP contribution in [-0.2, 0) is 19.5 Å². The zero-order valence-corrected chi connectivity index (χ0v) is 16.9. The van der Waals surface area contributed by atoms with Gasteiger partial charge in [-0.15, -0.1) is 0 Å². The van der Waals surface area contributed by atoms with Gasteiger partial charge in [0.2, 0.25) is 0 Å². The van der Waals surface area contributed by atoms with Gasteiger partial charge in [0, 0.05) is 30.4 Å². The van der Waals surface area contributed by atoms with Gasteiger partial charge >= 0.3 is 12.1 Å². The van der Waals surface area contributed by atoms with Crippen LogP contribution in [0.4, 0.5) is 19.1 Å². The minimum absolute atomic E-state index is 0.165. The highest BCUT2D eigenvalue weighted by Crippen LogP contribution is 2.28. The summed E-state index contributed by atoms with van der Waals surface area (Å²) in [4.78, 5) is 31.8. The molecule has 3 N–H and O–H groups in total. The molecule has 0 bridgehead atoms. The van der Waals surface area contributed by atoms with Gasteiger partial charge in [-0.1, -0.05) is 36.3 Å². The van der Waals surface area contributed by atoms with Gasteiger partial charge in [0.1, 0.15) is 5.82 Å². The third-order valence-corrected chi connectivity index (χ3v) is 6.28. The molecule has 2 aliphatic rings. The van der Waals surface area contributed by atoms with E-state index >= 15 is 0 Å². The predicted molar refractivity (Wildman–Crippen MR) is 109 cm³/mol. The third kappa shape index (κ3) is 5.03. The Kier molecular flexibility index (Phi) is 5.94. The number of hydrogen-bond acceptors (Lipinski definition) is 4. The Morgan fingerprint density at radius 2 is 1.97 bits per heavy atom. The second kappa shape index (κ2) is 8.77. The molecule has 4 rings (SSSR count). The van der Waals surface area contributed by atoms with E-state index in [9.17, 15) is 14.0 Å². The average molecular weight is 418 g/mol. The largest absolute Gasteiger partial charge is 0.335 e. The number of carbonyl (C=O) groups is 2. The number of aromatic nitrogens is 1. The molecule has 2 aromatic rings. The summed E-state index contributed by atoms with van der Waals surface area (Å²) in [6.45, 7) is 1.38. The van der Waals surface area contributed by atoms with Crippen molar-refractivity contribution < 1.29 is 14.0 Å². The van der Waals surface area contributed by atoms with Crippen molar-refractivity contribution in [3.05, 3.63) is 46.2 Å². The maximum atomic E-state index is 13.0. The first-order chi connectivity index (χ1) is 14.1. The molecule has 154 valence electrons. The van der Waals surface area contributed by atoms with E-state index in [0.29, 0.717) is 31.2 Å². The van der Waals surface area contributed by atoms with Crippen molar-refractivity contribution in [3.63, 3.8) is 0 Å². The minimum atomic E-state index is -0.296. The summed E-state index contributed by atoms with van der Waals surface area (Å²) in [5.74, 6) is -0.296. The van der Waals surface area contributed by atoms with Crippen molar-refractivity contribution >= 4 is 28.5 Å². The van der Waals surface area contributed by atoms with Gasteiger partial charge in [0.05, 0.1) is 12.2 Å². The zero-order valence-electron chi connectivity index (χ0n) is 16.0. The molecular formula is C20H24FN5O2S. The quantitative estimate of drug-likeness (QED) is 0.710. The number of hydrogen-bond donors (Lipinski definition) is 3. The lowest BCUT2D eigenvalue weighted by Gasteiger charge is -2.26. The van der Waals surface area contributed by atoms with Crippen LogP contribution in [0.1, 0.15) is 41.8 Å². The molecule has 1 aromatic carbocycles. The van der Waals surface area contributed by atoms with Crippen molar-refractivity contribution in [3.8, 4) is 0 Å². The van der Waals surface area contributed by atoms with Crippen LogP contribution in [0.5, 0.6) is 0 Å². The zero-order chi connectivity index (χ0) is 20.2. The fraction of sp³-hybridized carbons (Fsp3) is 0.450. The van der Waals surface area contributed by atoms with Crippen LogP contribution in [-0.4, -0.2) is 34.5 Å². The number of urea groups is 2. The van der Waals surface area contributed by atoms with Gasteiger partial charge in [-0.25, -0.2) is 19.0 Å². The molecular weight excluding hydrogens is 393 g/mol. The van der Waals surface area contributed by atoms with Crippen LogP contribution in [0.15, 0.2) is 24.3 Å². The highest BCUT2D eigenvalue weighted by atomic mass is 32.1. The molecule has 0 unspecified atom stereocenters. The van der Waals surface area contributed by atoms with Crippen molar-refractivity contribution in [1.82, 2.24) is 20.5 Å². The SMILES string of the molecule is O=C(Nc1nc2c(s1)CN(C(=O)NCc1ccc(F)cc1)CC2)NC1CCCC1. The van der Waals surface area contributed by atoms with Gasteiger partial charge in [-0.05, 0) is 30.5 Å². The van der Waals surface area contributed by atoms with Crippen LogP contribution in [0, 0.1) is 5.82 Å². The second-order valence-corrected chi connectivity index (χ2v) is 8.51. The number of rotatable bonds is 4. The Balaban J connectivity index is 1.29. The molecule has 0 spiro atoms. The number of nitrogens with one attached hydrogen (secondary N) is 3. The van der Waals surface area contributed by atoms with E-state index in [1.54, 1.807) is 17.0 Å². The third-order valence-electron chi connectivity index (χ3n) is 5.29. The summed E-state index contributed by atoms with van der Waals surface area (Å²) < 4.78 is 13.0. The lowest BCUT2D eigenvalue weighted by Crippen LogP contribution is -2.42. The summed E-state index contributed by atoms with van der Waals surface area (Å²) in [6, 6.07) is 5.94. The molecule has 0 atom stereocenters. The fourth-order valence-electron chi connectivity index (χ4n) is 3.70. The maximum absolute atomic E-state index is 13.0. The Morgan fingerprint density at radius 3 is 2.72 bits per heavy atom. The minimum Gasteiger partial charge on any atom is -0.335 e. The molecule has 9 heteroatoms. The molecule has 1 aromatic heterocycles. The summed E-state index contributed by atoms with van der Waals surface area (Å²) in [5.41, 5.74) is 1.78. The molecule has 1 saturated carbocycles. The molecule has 2 heterocycles. The van der Waals surface area contributed by atoms with Gasteiger partial charge in [0.15, 0.2) is 5.13 Å². The van der Waals surface area contributed by atoms with Crippen LogP contribution in [0.3, 0.4) is 0 Å². The van der Waals surface area contributed by atoms with E-state index in [2.05, 4.69) is 20.9 Å². The van der Waals surface area contributed by atoms with E-state index < -0.39 is 0 Å². The Morgan fingerprint density at radius 1 is 1.21 bits per heavy atom. The van der Waals surface area contributed by atoms with Crippen molar-refractivity contribution in [2.75, 3.05) is 11.9 Å². The van der Waals surface area contributed by atoms with E-state index in [1.165, 1.54) is 23.5 Å². The number of thiazole rings is 1. The van der Waals surface area contributed by atoms with Gasteiger partial charge in [-0.2, -0.15) is 0 Å². The molecule has 0 saturated heterocycles. The summed E-state index contributed by atoms with van der Waals surface area (Å²) >= 11 is 1.41. The Bertz CT molecular complexity index is 879. The standard InChI is InChI=1S/C20H24FN5O2S/c21-14-7-5-13(6-8-14)11-22-20(28)26-10-9-16-17(12-26)29-19(24-16)25-18(27)23-15-3-1-2-4-15/h5-8,15H,1-4,9-12H2,(H,22,28)(H2,23,24,25,27). The van der Waals surface area contributed by atoms with E-state index in [-0.39, 0.29) is 23.9 Å². The van der Waals surface area contributed by atoms with Crippen LogP contribution < -0.4 is 16.0 Å². The monoisotopic (exact) mass is 417 g/mol. The van der Waals surface area contributed by atoms with E-state index in [1.807, 2.05) is 0 Å². The number of benzene rings is 1. The summed E-state index contributed by atoms with van der Waals surface area (Å²) in [6.07, 6.45) is 5.04. The first kappa shape index (κ1) is 19.6. The molecule has 1 fully saturated rings. The molecule has 7 nitrogen and oxygen atoms in total. The number of amides is 4. The molecule has 29 heavy (non-hydrogen) atoms. The van der Waals surface area contributed by atoms with Crippen molar-refractivity contribution in [2.45, 2.75) is 51.2 Å². The first-order valence-corrected chi connectivity index (χ1v) is 10.7. The van der Waals surface area contributed by atoms with Gasteiger partial charge in [0.25, 0.3) is 0 Å². The summed E-state index contributed by atoms with van der Waals surface area (Å²) in [5, 5.41) is 9.25. The fourth-order valence-corrected chi connectivity index (χ4v) is 4.72. The Hall–Kier alpha value is -2.68. The van der Waals surface area contributed by atoms with E-state index in [4.69, 9.17) is 0 Å². The van der Waals surface area contributed by atoms with Crippen molar-refractivity contribution in [1.29, 1.82) is 0 Å². The summed E-state index contributed by atoms with van der Waals surface area (Å²) in [7, 11) is 0. The lowest BCUT2D eigenvalue weighted by molar-refractivity contribution is 0.192. The number of carbonyl (C=O) groups excluding carboxylic acids is 2. The smallest absolute Gasteiger partial charge is 0.321 e. The molecule has 4 amide bonds. The van der Waals surface area contributed by atoms with Gasteiger partial charge in [-0.3, -0.25) is 5.32 Å². The highest BCUT2D eigenvalue weighted by Gasteiger charge is 2.25. The number of nitrogens with zero attached hydrogens (tertiary/aromatic N) is 2. The molecule has 0 radical (unpaired) electrons. The number of fused-ring (bicyclic) bond motifs is 1. The normalized spacial score (nSPS) is 16.4. The van der Waals surface area contributed by atoms with Crippen LogP contribution in [0.2, 0.25) is 0 Å². The number of anilines is 1. The Labute approximate surface area is 172 Å². The highest BCUT2D eigenvalue weighted by molar-refractivity contribution is 7.15. The van der Waals surface area contributed by atoms with Crippen LogP contribution in [0.25, 0.3) is 0 Å². The predicted octanol–water partition coefficient (Wildman–Crippen LogP) is 3.61. The first-order valence-electron chi connectivity index (χ1n) is 9.90. The molecule has 1 aliphatic heterocycles. The molecule has 1 aliphatic carbocycles.